The minimum Gasteiger partial charge on any atom is -0.496 e. The molecule has 0 saturated heterocycles. The van der Waals surface area contributed by atoms with E-state index in [-0.39, 0.29) is 36.4 Å². The minimum atomic E-state index is -0.463. The molecule has 1 aliphatic heterocycles. The number of methoxy groups -OCH3 is 1. The van der Waals surface area contributed by atoms with E-state index in [0.29, 0.717) is 18.8 Å². The van der Waals surface area contributed by atoms with Crippen LogP contribution in [0.4, 0.5) is 4.39 Å². The second-order valence-corrected chi connectivity index (χ2v) is 9.90. The highest BCUT2D eigenvalue weighted by molar-refractivity contribution is 5.96. The van der Waals surface area contributed by atoms with Gasteiger partial charge in [0.05, 0.1) is 19.3 Å². The summed E-state index contributed by atoms with van der Waals surface area (Å²) >= 11 is 0. The number of rotatable bonds is 9. The highest BCUT2D eigenvalue weighted by atomic mass is 19.1. The Bertz CT molecular complexity index is 1270. The molecule has 0 amide bonds. The van der Waals surface area contributed by atoms with Crippen molar-refractivity contribution in [3.8, 4) is 23.0 Å². The molecule has 1 heterocycles. The number of fused-ring (bicyclic) bond motifs is 1. The lowest BCUT2D eigenvalue weighted by Crippen LogP contribution is -2.24. The van der Waals surface area contributed by atoms with Crippen molar-refractivity contribution in [2.75, 3.05) is 20.5 Å². The fraction of sp³-hybridized carbons (Fsp3) is 0.387. The Morgan fingerprint density at radius 1 is 1.03 bits per heavy atom. The number of benzene rings is 3. The fourth-order valence-electron chi connectivity index (χ4n) is 5.56. The number of ketones is 1. The summed E-state index contributed by atoms with van der Waals surface area (Å²) in [6.45, 7) is 2.78. The third kappa shape index (κ3) is 5.58. The first-order valence-corrected chi connectivity index (χ1v) is 13.0. The van der Waals surface area contributed by atoms with Gasteiger partial charge in [0.1, 0.15) is 17.3 Å². The van der Waals surface area contributed by atoms with E-state index in [2.05, 4.69) is 0 Å². The van der Waals surface area contributed by atoms with Crippen molar-refractivity contribution < 1.29 is 28.1 Å². The minimum absolute atomic E-state index is 0.172. The molecule has 0 bridgehead atoms. The molecule has 2 aliphatic rings. The summed E-state index contributed by atoms with van der Waals surface area (Å²) in [6, 6.07) is 16.5. The Hall–Kier alpha value is -3.54. The van der Waals surface area contributed by atoms with Crippen LogP contribution in [0.25, 0.3) is 0 Å². The topological polar surface area (TPSA) is 54.0 Å². The summed E-state index contributed by atoms with van der Waals surface area (Å²) in [7, 11) is 1.63. The zero-order valence-electron chi connectivity index (χ0n) is 21.4. The van der Waals surface area contributed by atoms with Gasteiger partial charge in [-0.2, -0.15) is 0 Å². The van der Waals surface area contributed by atoms with E-state index in [9.17, 15) is 9.18 Å². The van der Waals surface area contributed by atoms with Crippen molar-refractivity contribution in [1.82, 2.24) is 0 Å². The lowest BCUT2D eigenvalue weighted by atomic mass is 9.75. The first-order chi connectivity index (χ1) is 18.0. The van der Waals surface area contributed by atoms with Gasteiger partial charge in [0, 0.05) is 12.5 Å². The molecule has 5 nitrogen and oxygen atoms in total. The third-order valence-corrected chi connectivity index (χ3v) is 7.63. The summed E-state index contributed by atoms with van der Waals surface area (Å²) < 4.78 is 37.3. The Balaban J connectivity index is 1.29. The van der Waals surface area contributed by atoms with Crippen LogP contribution < -0.4 is 18.9 Å². The summed E-state index contributed by atoms with van der Waals surface area (Å²) in [4.78, 5) is 13.1. The summed E-state index contributed by atoms with van der Waals surface area (Å²) in [5.41, 5.74) is 3.24. The molecule has 6 heteroatoms. The molecule has 3 aromatic rings. The third-order valence-electron chi connectivity index (χ3n) is 7.63. The van der Waals surface area contributed by atoms with Gasteiger partial charge in [-0.05, 0) is 85.0 Å². The fourth-order valence-corrected chi connectivity index (χ4v) is 5.56. The Labute approximate surface area is 217 Å². The summed E-state index contributed by atoms with van der Waals surface area (Å²) in [5, 5.41) is 0. The monoisotopic (exact) mass is 504 g/mol. The molecular formula is C31H33FO5. The number of aryl methyl sites for hydroxylation is 1. The zero-order chi connectivity index (χ0) is 25.8. The first-order valence-electron chi connectivity index (χ1n) is 13.0. The molecule has 194 valence electrons. The quantitative estimate of drug-likeness (QED) is 0.293. The summed E-state index contributed by atoms with van der Waals surface area (Å²) in [5.74, 6) is 2.78. The van der Waals surface area contributed by atoms with Crippen LogP contribution in [-0.2, 0) is 6.42 Å². The van der Waals surface area contributed by atoms with Crippen molar-refractivity contribution in [3.05, 3.63) is 82.7 Å². The molecule has 0 N–H and O–H groups in total. The van der Waals surface area contributed by atoms with Crippen LogP contribution in [0.15, 0.2) is 54.6 Å². The predicted octanol–water partition coefficient (Wildman–Crippen LogP) is 7.04. The first kappa shape index (κ1) is 25.1. The number of carbonyl (C=O) groups excluding carboxylic acids is 1. The van der Waals surface area contributed by atoms with E-state index in [1.54, 1.807) is 13.2 Å². The van der Waals surface area contributed by atoms with Gasteiger partial charge in [-0.15, -0.1) is 0 Å². The lowest BCUT2D eigenvalue weighted by Gasteiger charge is -2.32. The average Bonchev–Trinajstić information content (AvgIpc) is 3.39. The van der Waals surface area contributed by atoms with Crippen LogP contribution in [0.1, 0.15) is 65.1 Å². The highest BCUT2D eigenvalue weighted by Gasteiger charge is 2.29. The predicted molar refractivity (Wildman–Crippen MR) is 140 cm³/mol. The van der Waals surface area contributed by atoms with Crippen molar-refractivity contribution in [1.29, 1.82) is 0 Å². The van der Waals surface area contributed by atoms with E-state index in [0.717, 1.165) is 59.6 Å². The number of Topliss-reactive ketones (excluding diaryl/α,β-unsaturated/α-hetero) is 1. The number of hydrogen-bond donors (Lipinski definition) is 0. The number of ether oxygens (including phenoxy) is 4. The molecule has 1 saturated carbocycles. The number of halogens is 1. The molecule has 37 heavy (non-hydrogen) atoms. The number of hydrogen-bond acceptors (Lipinski definition) is 5. The van der Waals surface area contributed by atoms with Crippen molar-refractivity contribution >= 4 is 5.78 Å². The average molecular weight is 505 g/mol. The van der Waals surface area contributed by atoms with Crippen LogP contribution >= 0.6 is 0 Å². The number of carbonyl (C=O) groups is 1. The van der Waals surface area contributed by atoms with Gasteiger partial charge in [-0.3, -0.25) is 4.79 Å². The second kappa shape index (κ2) is 11.2. The standard InChI is InChI=1S/C31H33FO5/c1-20-6-5-9-29(34-2)24(20)12-14-28(33)26-16-21(10-13-27(26)32)25-8-4-3-7-22(25)18-35-23-11-15-30-31(17-23)37-19-36-30/h5-6,9-11,13,15-17,22,25H,3-4,7-8,12,14,18-19H2,1-2H3/t22-,25-/m0/s1. The van der Waals surface area contributed by atoms with Crippen LogP contribution in [0, 0.1) is 18.7 Å². The normalized spacial score (nSPS) is 18.5. The van der Waals surface area contributed by atoms with Gasteiger partial charge in [0.25, 0.3) is 0 Å². The molecule has 0 unspecified atom stereocenters. The van der Waals surface area contributed by atoms with Gasteiger partial charge in [0.15, 0.2) is 17.3 Å². The van der Waals surface area contributed by atoms with Gasteiger partial charge in [-0.1, -0.05) is 31.0 Å². The molecule has 0 radical (unpaired) electrons. The van der Waals surface area contributed by atoms with Crippen LogP contribution in [0.2, 0.25) is 0 Å². The van der Waals surface area contributed by atoms with Crippen LogP contribution in [0.3, 0.4) is 0 Å². The second-order valence-electron chi connectivity index (χ2n) is 9.90. The van der Waals surface area contributed by atoms with E-state index in [1.807, 2.05) is 49.4 Å². The zero-order valence-corrected chi connectivity index (χ0v) is 21.4. The molecule has 1 fully saturated rings. The van der Waals surface area contributed by atoms with E-state index >= 15 is 0 Å². The summed E-state index contributed by atoms with van der Waals surface area (Å²) in [6.07, 6.45) is 5.00. The molecule has 3 aromatic carbocycles. The molecule has 5 rings (SSSR count). The highest BCUT2D eigenvalue weighted by Crippen LogP contribution is 2.40. The maximum Gasteiger partial charge on any atom is 0.231 e. The van der Waals surface area contributed by atoms with E-state index in [4.69, 9.17) is 18.9 Å². The van der Waals surface area contributed by atoms with Gasteiger partial charge >= 0.3 is 0 Å². The van der Waals surface area contributed by atoms with E-state index in [1.165, 1.54) is 6.07 Å². The molecular weight excluding hydrogens is 471 g/mol. The Morgan fingerprint density at radius 3 is 2.73 bits per heavy atom. The van der Waals surface area contributed by atoms with E-state index < -0.39 is 5.82 Å². The van der Waals surface area contributed by atoms with Crippen molar-refractivity contribution in [2.45, 2.75) is 51.4 Å². The van der Waals surface area contributed by atoms with Gasteiger partial charge in [0.2, 0.25) is 6.79 Å². The maximum atomic E-state index is 14.8. The van der Waals surface area contributed by atoms with Gasteiger partial charge < -0.3 is 18.9 Å². The molecule has 0 spiro atoms. The molecule has 2 atom stereocenters. The smallest absolute Gasteiger partial charge is 0.231 e. The van der Waals surface area contributed by atoms with Gasteiger partial charge in [-0.25, -0.2) is 4.39 Å². The SMILES string of the molecule is COc1cccc(C)c1CCC(=O)c1cc([C@@H]2CCCC[C@H]2COc2ccc3c(c2)OCO3)ccc1F. The van der Waals surface area contributed by atoms with Crippen LogP contribution in [-0.4, -0.2) is 26.3 Å². The largest absolute Gasteiger partial charge is 0.496 e. The Morgan fingerprint density at radius 2 is 1.86 bits per heavy atom. The van der Waals surface area contributed by atoms with Crippen LogP contribution in [0.5, 0.6) is 23.0 Å². The Kier molecular flexibility index (Phi) is 7.63. The molecule has 0 aromatic heterocycles. The maximum absolute atomic E-state index is 14.8. The molecule has 1 aliphatic carbocycles. The lowest BCUT2D eigenvalue weighted by molar-refractivity contribution is 0.0978. The van der Waals surface area contributed by atoms with Crippen molar-refractivity contribution in [3.63, 3.8) is 0 Å². The van der Waals surface area contributed by atoms with Crippen molar-refractivity contribution in [2.24, 2.45) is 5.92 Å².